The minimum atomic E-state index is -0.482. The Morgan fingerprint density at radius 3 is 2.52 bits per heavy atom. The van der Waals surface area contributed by atoms with Gasteiger partial charge in [-0.1, -0.05) is 18.2 Å². The van der Waals surface area contributed by atoms with Crippen LogP contribution in [0.2, 0.25) is 0 Å². The minimum absolute atomic E-state index is 0.0754. The lowest BCUT2D eigenvalue weighted by Gasteiger charge is -2.26. The van der Waals surface area contributed by atoms with Gasteiger partial charge in [-0.2, -0.15) is 0 Å². The van der Waals surface area contributed by atoms with Crippen LogP contribution in [0.1, 0.15) is 22.8 Å². The predicted molar refractivity (Wildman–Crippen MR) is 90.5 cm³/mol. The molecule has 0 aromatic heterocycles. The largest absolute Gasteiger partial charge is 0.366 e. The maximum Gasteiger partial charge on any atom is 0.248 e. The van der Waals surface area contributed by atoms with Crippen LogP contribution in [0.4, 0.5) is 11.4 Å². The van der Waals surface area contributed by atoms with E-state index in [0.717, 1.165) is 18.7 Å². The molecule has 0 unspecified atom stereocenters. The number of benzene rings is 2. The highest BCUT2D eigenvalue weighted by Gasteiger charge is 2.27. The van der Waals surface area contributed by atoms with E-state index in [9.17, 15) is 9.59 Å². The molecule has 0 fully saturated rings. The minimum Gasteiger partial charge on any atom is -0.366 e. The number of carbonyl (C=O) groups excluding carboxylic acids is 2. The molecule has 23 heavy (non-hydrogen) atoms. The lowest BCUT2D eigenvalue weighted by atomic mass is 10.1. The van der Waals surface area contributed by atoms with Crippen molar-refractivity contribution in [3.05, 3.63) is 59.7 Å². The number of primary amides is 1. The molecule has 5 heteroatoms. The number of carbonyl (C=O) groups is 2. The van der Waals surface area contributed by atoms with Gasteiger partial charge in [-0.05, 0) is 49.2 Å². The highest BCUT2D eigenvalue weighted by molar-refractivity contribution is 5.98. The van der Waals surface area contributed by atoms with Crippen molar-refractivity contribution < 1.29 is 9.59 Å². The maximum atomic E-state index is 12.5. The van der Waals surface area contributed by atoms with Crippen molar-refractivity contribution in [3.63, 3.8) is 0 Å². The van der Waals surface area contributed by atoms with Crippen molar-refractivity contribution in [2.24, 2.45) is 5.73 Å². The van der Waals surface area contributed by atoms with Crippen LogP contribution < -0.4 is 16.0 Å². The maximum absolute atomic E-state index is 12.5. The zero-order chi connectivity index (χ0) is 16.4. The third-order valence-electron chi connectivity index (χ3n) is 4.21. The number of hydrogen-bond acceptors (Lipinski definition) is 3. The zero-order valence-electron chi connectivity index (χ0n) is 13.0. The van der Waals surface area contributed by atoms with Gasteiger partial charge in [0, 0.05) is 23.5 Å². The summed E-state index contributed by atoms with van der Waals surface area (Å²) >= 11 is 0. The number of nitrogens with two attached hydrogens (primary N) is 1. The van der Waals surface area contributed by atoms with Gasteiger partial charge in [0.15, 0.2) is 0 Å². The summed E-state index contributed by atoms with van der Waals surface area (Å²) in [6.45, 7) is 2.74. The van der Waals surface area contributed by atoms with Gasteiger partial charge in [0.25, 0.3) is 0 Å². The van der Waals surface area contributed by atoms with Crippen molar-refractivity contribution in [1.29, 1.82) is 0 Å². The molecule has 3 rings (SSSR count). The number of nitrogens with zero attached hydrogens (tertiary/aromatic N) is 1. The highest BCUT2D eigenvalue weighted by Crippen LogP contribution is 2.29. The highest BCUT2D eigenvalue weighted by atomic mass is 16.2. The lowest BCUT2D eigenvalue weighted by molar-refractivity contribution is -0.117. The molecule has 0 radical (unpaired) electrons. The molecule has 0 spiro atoms. The normalized spacial score (nSPS) is 14.2. The molecule has 0 saturated heterocycles. The monoisotopic (exact) mass is 309 g/mol. The second-order valence-corrected chi connectivity index (χ2v) is 5.68. The summed E-state index contributed by atoms with van der Waals surface area (Å²) in [5, 5.41) is 2.88. The van der Waals surface area contributed by atoms with E-state index in [-0.39, 0.29) is 11.9 Å². The third kappa shape index (κ3) is 3.04. The van der Waals surface area contributed by atoms with E-state index in [2.05, 4.69) is 16.3 Å². The molecule has 2 amide bonds. The van der Waals surface area contributed by atoms with Gasteiger partial charge in [-0.25, -0.2) is 0 Å². The average molecular weight is 309 g/mol. The van der Waals surface area contributed by atoms with Crippen molar-refractivity contribution in [1.82, 2.24) is 0 Å². The number of hydrogen-bond donors (Lipinski definition) is 2. The van der Waals surface area contributed by atoms with Crippen LogP contribution in [0.15, 0.2) is 48.5 Å². The molecular formula is C18H19N3O2. The second kappa shape index (κ2) is 6.12. The van der Waals surface area contributed by atoms with E-state index in [4.69, 9.17) is 5.73 Å². The molecule has 1 aliphatic heterocycles. The Hall–Kier alpha value is -2.82. The molecule has 0 bridgehead atoms. The summed E-state index contributed by atoms with van der Waals surface area (Å²) in [5.74, 6) is -0.557. The number of amides is 2. The van der Waals surface area contributed by atoms with Crippen molar-refractivity contribution in [2.75, 3.05) is 16.8 Å². The predicted octanol–water partition coefficient (Wildman–Crippen LogP) is 2.18. The van der Waals surface area contributed by atoms with Gasteiger partial charge < -0.3 is 16.0 Å². The van der Waals surface area contributed by atoms with Gasteiger partial charge >= 0.3 is 0 Å². The van der Waals surface area contributed by atoms with E-state index < -0.39 is 5.91 Å². The molecule has 3 N–H and O–H groups in total. The van der Waals surface area contributed by atoms with Crippen molar-refractivity contribution in [3.8, 4) is 0 Å². The molecule has 1 aliphatic rings. The smallest absolute Gasteiger partial charge is 0.248 e. The van der Waals surface area contributed by atoms with Gasteiger partial charge in [-0.3, -0.25) is 9.59 Å². The summed E-state index contributed by atoms with van der Waals surface area (Å²) in [5.41, 5.74) is 8.68. The lowest BCUT2D eigenvalue weighted by Crippen LogP contribution is -2.41. The van der Waals surface area contributed by atoms with Gasteiger partial charge in [0.05, 0.1) is 0 Å². The summed E-state index contributed by atoms with van der Waals surface area (Å²) in [7, 11) is 0. The third-order valence-corrected chi connectivity index (χ3v) is 4.21. The molecule has 1 heterocycles. The zero-order valence-corrected chi connectivity index (χ0v) is 13.0. The fraction of sp³-hybridized carbons (Fsp3) is 0.222. The van der Waals surface area contributed by atoms with Gasteiger partial charge in [-0.15, -0.1) is 0 Å². The molecular weight excluding hydrogens is 290 g/mol. The first-order chi connectivity index (χ1) is 11.1. The number of fused-ring (bicyclic) bond motifs is 1. The Labute approximate surface area is 135 Å². The van der Waals surface area contributed by atoms with Crippen LogP contribution in [0.25, 0.3) is 0 Å². The Kier molecular flexibility index (Phi) is 4.02. The van der Waals surface area contributed by atoms with Crippen LogP contribution in [-0.4, -0.2) is 24.4 Å². The van der Waals surface area contributed by atoms with Crippen LogP contribution in [-0.2, 0) is 11.2 Å². The quantitative estimate of drug-likeness (QED) is 0.909. The molecule has 0 saturated carbocycles. The van der Waals surface area contributed by atoms with E-state index >= 15 is 0 Å². The second-order valence-electron chi connectivity index (χ2n) is 5.68. The Bertz CT molecular complexity index is 740. The van der Waals surface area contributed by atoms with Gasteiger partial charge in [0.2, 0.25) is 11.8 Å². The summed E-state index contributed by atoms with van der Waals surface area (Å²) in [6, 6.07) is 14.5. The Morgan fingerprint density at radius 2 is 1.83 bits per heavy atom. The molecule has 5 nitrogen and oxygen atoms in total. The average Bonchev–Trinajstić information content (AvgIpc) is 2.98. The van der Waals surface area contributed by atoms with E-state index in [1.54, 1.807) is 24.3 Å². The fourth-order valence-electron chi connectivity index (χ4n) is 2.87. The molecule has 2 aromatic rings. The number of anilines is 2. The van der Waals surface area contributed by atoms with E-state index in [1.807, 2.05) is 25.1 Å². The van der Waals surface area contributed by atoms with Crippen LogP contribution in [0.3, 0.4) is 0 Å². The summed E-state index contributed by atoms with van der Waals surface area (Å²) in [6.07, 6.45) is 0.959. The Morgan fingerprint density at radius 1 is 1.13 bits per heavy atom. The van der Waals surface area contributed by atoms with E-state index in [1.165, 1.54) is 5.56 Å². The standard InChI is InChI=1S/C18H19N3O2/c1-12(21-11-10-13-4-2-3-5-16(13)21)18(23)20-15-8-6-14(7-9-15)17(19)22/h2-9,12H,10-11H2,1H3,(H2,19,22)(H,20,23)/t12-/m0/s1. The van der Waals surface area contributed by atoms with Crippen molar-refractivity contribution >= 4 is 23.2 Å². The molecule has 118 valence electrons. The number of rotatable bonds is 4. The number of nitrogens with one attached hydrogen (secondary N) is 1. The summed E-state index contributed by atoms with van der Waals surface area (Å²) in [4.78, 5) is 25.7. The van der Waals surface area contributed by atoms with Crippen molar-refractivity contribution in [2.45, 2.75) is 19.4 Å². The topological polar surface area (TPSA) is 75.4 Å². The van der Waals surface area contributed by atoms with Crippen LogP contribution in [0.5, 0.6) is 0 Å². The molecule has 2 aromatic carbocycles. The first-order valence-corrected chi connectivity index (χ1v) is 7.61. The summed E-state index contributed by atoms with van der Waals surface area (Å²) < 4.78 is 0. The first-order valence-electron chi connectivity index (χ1n) is 7.61. The van der Waals surface area contributed by atoms with Gasteiger partial charge in [0.1, 0.15) is 6.04 Å². The molecule has 1 atom stereocenters. The van der Waals surface area contributed by atoms with Crippen LogP contribution in [0, 0.1) is 0 Å². The van der Waals surface area contributed by atoms with E-state index in [0.29, 0.717) is 11.3 Å². The number of para-hydroxylation sites is 1. The SMILES string of the molecule is C[C@@H](C(=O)Nc1ccc(C(N)=O)cc1)N1CCc2ccccc21. The first kappa shape index (κ1) is 15.1. The van der Waals surface area contributed by atoms with Crippen LogP contribution >= 0.6 is 0 Å². The Balaban J connectivity index is 1.70. The molecule has 0 aliphatic carbocycles. The fourth-order valence-corrected chi connectivity index (χ4v) is 2.87.